The predicted octanol–water partition coefficient (Wildman–Crippen LogP) is 1.53. The van der Waals surface area contributed by atoms with Crippen LogP contribution in [0.2, 0.25) is 0 Å². The Hall–Kier alpha value is -1.62. The molecule has 0 bridgehead atoms. The minimum Gasteiger partial charge on any atom is -0.332 e. The molecule has 2 heterocycles. The van der Waals surface area contributed by atoms with E-state index in [0.717, 1.165) is 32.0 Å². The molecule has 1 N–H and O–H groups in total. The molecule has 0 amide bonds. The molecule has 0 saturated carbocycles. The van der Waals surface area contributed by atoms with Crippen LogP contribution in [0.15, 0.2) is 30.9 Å². The number of nitrogens with zero attached hydrogens (tertiary/aromatic N) is 4. The lowest BCUT2D eigenvalue weighted by atomic mass is 10.2. The molecule has 0 atom stereocenters. The molecule has 5 heteroatoms. The first-order valence-corrected chi connectivity index (χ1v) is 6.44. The zero-order valence-electron chi connectivity index (χ0n) is 11.1. The Labute approximate surface area is 108 Å². The zero-order chi connectivity index (χ0) is 12.8. The fourth-order valence-corrected chi connectivity index (χ4v) is 1.83. The molecule has 18 heavy (non-hydrogen) atoms. The normalized spacial score (nSPS) is 11.3. The highest BCUT2D eigenvalue weighted by atomic mass is 15.3. The Bertz CT molecular complexity index is 444. The SMILES string of the molecule is CC(C)CNCc1nccn1CCn1cccn1. The standard InChI is InChI=1S/C13H21N5/c1-12(2)10-14-11-13-15-5-7-17(13)8-9-18-6-3-4-16-18/h3-7,12,14H,8-11H2,1-2H3. The molecule has 0 fully saturated rings. The molecule has 0 aliphatic carbocycles. The van der Waals surface area contributed by atoms with Crippen molar-refractivity contribution < 1.29 is 0 Å². The van der Waals surface area contributed by atoms with E-state index < -0.39 is 0 Å². The van der Waals surface area contributed by atoms with Gasteiger partial charge in [-0.3, -0.25) is 4.68 Å². The van der Waals surface area contributed by atoms with Gasteiger partial charge in [0.25, 0.3) is 0 Å². The third kappa shape index (κ3) is 3.70. The van der Waals surface area contributed by atoms with E-state index in [1.165, 1.54) is 0 Å². The molecule has 0 aliphatic heterocycles. The van der Waals surface area contributed by atoms with E-state index in [9.17, 15) is 0 Å². The Kier molecular flexibility index (Phi) is 4.52. The van der Waals surface area contributed by atoms with E-state index in [4.69, 9.17) is 0 Å². The second-order valence-corrected chi connectivity index (χ2v) is 4.83. The number of hydrogen-bond donors (Lipinski definition) is 1. The molecule has 2 rings (SSSR count). The lowest BCUT2D eigenvalue weighted by molar-refractivity contribution is 0.495. The average Bonchev–Trinajstić information content (AvgIpc) is 2.96. The third-order valence-electron chi connectivity index (χ3n) is 2.77. The molecule has 0 aromatic carbocycles. The Balaban J connectivity index is 1.83. The molecule has 2 aromatic rings. The van der Waals surface area contributed by atoms with Crippen molar-refractivity contribution in [3.05, 3.63) is 36.7 Å². The largest absolute Gasteiger partial charge is 0.332 e. The summed E-state index contributed by atoms with van der Waals surface area (Å²) in [6.07, 6.45) is 7.66. The van der Waals surface area contributed by atoms with Crippen LogP contribution >= 0.6 is 0 Å². The monoisotopic (exact) mass is 247 g/mol. The van der Waals surface area contributed by atoms with Crippen molar-refractivity contribution in [1.29, 1.82) is 0 Å². The highest BCUT2D eigenvalue weighted by Gasteiger charge is 2.03. The highest BCUT2D eigenvalue weighted by Crippen LogP contribution is 1.99. The van der Waals surface area contributed by atoms with Gasteiger partial charge in [-0.25, -0.2) is 4.98 Å². The fourth-order valence-electron chi connectivity index (χ4n) is 1.83. The van der Waals surface area contributed by atoms with E-state index in [2.05, 4.69) is 33.8 Å². The van der Waals surface area contributed by atoms with Gasteiger partial charge in [0.2, 0.25) is 0 Å². The first-order chi connectivity index (χ1) is 8.75. The fraction of sp³-hybridized carbons (Fsp3) is 0.538. The van der Waals surface area contributed by atoms with Crippen molar-refractivity contribution in [3.63, 3.8) is 0 Å². The van der Waals surface area contributed by atoms with Crippen molar-refractivity contribution in [2.75, 3.05) is 6.54 Å². The van der Waals surface area contributed by atoms with Crippen molar-refractivity contribution >= 4 is 0 Å². The van der Waals surface area contributed by atoms with Crippen molar-refractivity contribution in [2.24, 2.45) is 5.92 Å². The molecule has 0 saturated heterocycles. The first-order valence-electron chi connectivity index (χ1n) is 6.44. The van der Waals surface area contributed by atoms with Gasteiger partial charge in [-0.1, -0.05) is 13.8 Å². The van der Waals surface area contributed by atoms with Crippen LogP contribution in [0.4, 0.5) is 0 Å². The van der Waals surface area contributed by atoms with E-state index in [0.29, 0.717) is 5.92 Å². The van der Waals surface area contributed by atoms with Crippen molar-refractivity contribution in [1.82, 2.24) is 24.6 Å². The third-order valence-corrected chi connectivity index (χ3v) is 2.77. The van der Waals surface area contributed by atoms with Gasteiger partial charge in [-0.15, -0.1) is 0 Å². The molecular formula is C13H21N5. The molecule has 98 valence electrons. The molecule has 0 spiro atoms. The molecule has 0 radical (unpaired) electrons. The molecule has 5 nitrogen and oxygen atoms in total. The van der Waals surface area contributed by atoms with Crippen LogP contribution < -0.4 is 5.32 Å². The summed E-state index contributed by atoms with van der Waals surface area (Å²) in [5, 5.41) is 7.61. The quantitative estimate of drug-likeness (QED) is 0.807. The van der Waals surface area contributed by atoms with Gasteiger partial charge >= 0.3 is 0 Å². The number of imidazole rings is 1. The van der Waals surface area contributed by atoms with Crippen molar-refractivity contribution in [2.45, 2.75) is 33.5 Å². The smallest absolute Gasteiger partial charge is 0.122 e. The molecule has 0 unspecified atom stereocenters. The maximum atomic E-state index is 4.38. The van der Waals surface area contributed by atoms with Crippen LogP contribution in [0.1, 0.15) is 19.7 Å². The topological polar surface area (TPSA) is 47.7 Å². The minimum atomic E-state index is 0.664. The maximum Gasteiger partial charge on any atom is 0.122 e. The first kappa shape index (κ1) is 12.8. The van der Waals surface area contributed by atoms with E-state index >= 15 is 0 Å². The van der Waals surface area contributed by atoms with E-state index in [1.54, 1.807) is 6.20 Å². The molecular weight excluding hydrogens is 226 g/mol. The van der Waals surface area contributed by atoms with E-state index in [-0.39, 0.29) is 0 Å². The summed E-state index contributed by atoms with van der Waals surface area (Å²) in [6, 6.07) is 1.94. The summed E-state index contributed by atoms with van der Waals surface area (Å²) < 4.78 is 4.11. The minimum absolute atomic E-state index is 0.664. The number of rotatable bonds is 7. The van der Waals surface area contributed by atoms with Gasteiger partial charge in [-0.2, -0.15) is 5.10 Å². The number of nitrogens with one attached hydrogen (secondary N) is 1. The van der Waals surface area contributed by atoms with Gasteiger partial charge < -0.3 is 9.88 Å². The molecule has 0 aliphatic rings. The lowest BCUT2D eigenvalue weighted by Gasteiger charge is -2.10. The van der Waals surface area contributed by atoms with Gasteiger partial charge in [0.05, 0.1) is 13.1 Å². The summed E-state index contributed by atoms with van der Waals surface area (Å²) in [5.74, 6) is 1.75. The summed E-state index contributed by atoms with van der Waals surface area (Å²) >= 11 is 0. The Morgan fingerprint density at radius 3 is 2.83 bits per heavy atom. The van der Waals surface area contributed by atoms with Crippen LogP contribution in [0, 0.1) is 5.92 Å². The van der Waals surface area contributed by atoms with Crippen LogP contribution in [0.5, 0.6) is 0 Å². The average molecular weight is 247 g/mol. The molecule has 2 aromatic heterocycles. The second-order valence-electron chi connectivity index (χ2n) is 4.83. The summed E-state index contributed by atoms with van der Waals surface area (Å²) in [7, 11) is 0. The number of aromatic nitrogens is 4. The van der Waals surface area contributed by atoms with Gasteiger partial charge in [0.15, 0.2) is 0 Å². The van der Waals surface area contributed by atoms with Gasteiger partial charge in [0.1, 0.15) is 5.82 Å². The summed E-state index contributed by atoms with van der Waals surface area (Å²) in [4.78, 5) is 4.38. The van der Waals surface area contributed by atoms with Gasteiger partial charge in [-0.05, 0) is 18.5 Å². The summed E-state index contributed by atoms with van der Waals surface area (Å²) in [5.41, 5.74) is 0. The highest BCUT2D eigenvalue weighted by molar-refractivity contribution is 4.92. The van der Waals surface area contributed by atoms with Crippen LogP contribution in [0.3, 0.4) is 0 Å². The van der Waals surface area contributed by atoms with E-state index in [1.807, 2.05) is 29.3 Å². The van der Waals surface area contributed by atoms with Crippen molar-refractivity contribution in [3.8, 4) is 0 Å². The summed E-state index contributed by atoms with van der Waals surface area (Å²) in [6.45, 7) is 8.03. The number of hydrogen-bond acceptors (Lipinski definition) is 3. The van der Waals surface area contributed by atoms with Crippen LogP contribution in [-0.4, -0.2) is 25.9 Å². The van der Waals surface area contributed by atoms with Gasteiger partial charge in [0, 0.05) is 31.3 Å². The zero-order valence-corrected chi connectivity index (χ0v) is 11.1. The Morgan fingerprint density at radius 1 is 1.22 bits per heavy atom. The van der Waals surface area contributed by atoms with Crippen LogP contribution in [-0.2, 0) is 19.6 Å². The lowest BCUT2D eigenvalue weighted by Crippen LogP contribution is -2.22. The Morgan fingerprint density at radius 2 is 2.11 bits per heavy atom. The van der Waals surface area contributed by atoms with Crippen LogP contribution in [0.25, 0.3) is 0 Å². The second kappa shape index (κ2) is 6.35. The number of aryl methyl sites for hydroxylation is 2. The predicted molar refractivity (Wildman–Crippen MR) is 71.0 cm³/mol. The maximum absolute atomic E-state index is 4.38.